The van der Waals surface area contributed by atoms with Crippen molar-refractivity contribution in [1.82, 2.24) is 35.6 Å². The number of ether oxygens (including phenoxy) is 1. The van der Waals surface area contributed by atoms with Gasteiger partial charge in [-0.2, -0.15) is 0 Å². The van der Waals surface area contributed by atoms with E-state index in [1.54, 1.807) is 17.0 Å². The van der Waals surface area contributed by atoms with Gasteiger partial charge in [0.1, 0.15) is 36.3 Å². The Morgan fingerprint density at radius 1 is 0.833 bits per heavy atom. The number of hydrogen-bond acceptors (Lipinski definition) is 7. The summed E-state index contributed by atoms with van der Waals surface area (Å²) in [5.41, 5.74) is 1.81. The summed E-state index contributed by atoms with van der Waals surface area (Å²) in [6.07, 6.45) is 4.36. The van der Waals surface area contributed by atoms with Gasteiger partial charge in [-0.1, -0.05) is 45.9 Å². The van der Waals surface area contributed by atoms with Crippen molar-refractivity contribution in [3.63, 3.8) is 0 Å². The van der Waals surface area contributed by atoms with Crippen LogP contribution >= 0.6 is 0 Å². The summed E-state index contributed by atoms with van der Waals surface area (Å²) in [6.45, 7) is 12.2. The number of aromatic nitrogens is 1. The molecule has 4 amide bonds. The fourth-order valence-corrected chi connectivity index (χ4v) is 7.34. The van der Waals surface area contributed by atoms with Crippen LogP contribution in [-0.2, 0) is 25.6 Å². The van der Waals surface area contributed by atoms with Crippen molar-refractivity contribution in [2.45, 2.75) is 84.0 Å². The van der Waals surface area contributed by atoms with Crippen molar-refractivity contribution in [1.29, 1.82) is 0 Å². The second kappa shape index (κ2) is 19.2. The van der Waals surface area contributed by atoms with Gasteiger partial charge in [0.15, 0.2) is 0 Å². The van der Waals surface area contributed by atoms with Crippen molar-refractivity contribution in [3.8, 4) is 5.75 Å². The van der Waals surface area contributed by atoms with Gasteiger partial charge >= 0.3 is 0 Å². The zero-order valence-corrected chi connectivity index (χ0v) is 32.4. The molecule has 2 aliphatic rings. The Labute approximate surface area is 318 Å². The molecule has 4 N–H and O–H groups in total. The molecule has 0 unspecified atom stereocenters. The second-order valence-electron chi connectivity index (χ2n) is 15.7. The molecule has 2 aromatic carbocycles. The third-order valence-corrected chi connectivity index (χ3v) is 10.3. The maximum atomic E-state index is 14.5. The van der Waals surface area contributed by atoms with E-state index in [1.807, 2.05) is 58.2 Å². The summed E-state index contributed by atoms with van der Waals surface area (Å²) < 4.78 is 19.4. The lowest BCUT2D eigenvalue weighted by atomic mass is 9.99. The zero-order valence-electron chi connectivity index (χ0n) is 32.4. The van der Waals surface area contributed by atoms with E-state index in [4.69, 9.17) is 4.74 Å². The summed E-state index contributed by atoms with van der Waals surface area (Å²) >= 11 is 0. The first-order valence-corrected chi connectivity index (χ1v) is 19.4. The number of carbonyl (C=O) groups excluding carboxylic acids is 4. The van der Waals surface area contributed by atoms with E-state index >= 15 is 0 Å². The molecule has 0 saturated carbocycles. The molecule has 5 rings (SSSR count). The number of amides is 4. The lowest BCUT2D eigenvalue weighted by Gasteiger charge is -2.32. The minimum Gasteiger partial charge on any atom is -0.491 e. The number of halogens is 1. The van der Waals surface area contributed by atoms with Crippen LogP contribution in [0.1, 0.15) is 58.9 Å². The van der Waals surface area contributed by atoms with Crippen molar-refractivity contribution in [2.24, 2.45) is 11.8 Å². The van der Waals surface area contributed by atoms with Crippen molar-refractivity contribution in [2.75, 3.05) is 52.9 Å². The highest BCUT2D eigenvalue weighted by Crippen LogP contribution is 2.24. The molecule has 4 atom stereocenters. The van der Waals surface area contributed by atoms with Crippen LogP contribution in [0.15, 0.2) is 54.7 Å². The summed E-state index contributed by atoms with van der Waals surface area (Å²) in [6, 6.07) is 10.7. The third kappa shape index (κ3) is 11.5. The minimum absolute atomic E-state index is 0.0470. The van der Waals surface area contributed by atoms with E-state index in [0.29, 0.717) is 25.1 Å². The Morgan fingerprint density at radius 3 is 2.13 bits per heavy atom. The second-order valence-corrected chi connectivity index (χ2v) is 15.7. The molecule has 3 aromatic rings. The summed E-state index contributed by atoms with van der Waals surface area (Å²) in [4.78, 5) is 65.1. The lowest BCUT2D eigenvalue weighted by Crippen LogP contribution is -2.59. The molecule has 54 heavy (non-hydrogen) atoms. The molecule has 2 fully saturated rings. The van der Waals surface area contributed by atoms with E-state index in [-0.39, 0.29) is 55.1 Å². The Bertz CT molecular complexity index is 1710. The fraction of sp³-hybridized carbons (Fsp3) is 0.561. The van der Waals surface area contributed by atoms with Crippen LogP contribution in [0.2, 0.25) is 0 Å². The first kappa shape index (κ1) is 40.7. The van der Waals surface area contributed by atoms with Gasteiger partial charge < -0.3 is 35.5 Å². The van der Waals surface area contributed by atoms with E-state index in [1.165, 1.54) is 12.1 Å². The molecule has 0 aliphatic carbocycles. The molecular formula is C41H58FN7O5. The topological polar surface area (TPSA) is 139 Å². The number of likely N-dealkylation sites (tertiary alicyclic amines) is 1. The highest BCUT2D eigenvalue weighted by Gasteiger charge is 2.37. The van der Waals surface area contributed by atoms with E-state index < -0.39 is 29.9 Å². The summed E-state index contributed by atoms with van der Waals surface area (Å²) in [5, 5.41) is 9.91. The molecule has 3 heterocycles. The number of likely N-dealkylation sites (N-methyl/N-ethyl adjacent to an activating group) is 1. The maximum Gasteiger partial charge on any atom is 0.245 e. The summed E-state index contributed by atoms with van der Waals surface area (Å²) in [7, 11) is 2.06. The van der Waals surface area contributed by atoms with Gasteiger partial charge in [0.2, 0.25) is 23.6 Å². The molecule has 0 bridgehead atoms. The largest absolute Gasteiger partial charge is 0.491 e. The smallest absolute Gasteiger partial charge is 0.245 e. The van der Waals surface area contributed by atoms with Crippen LogP contribution in [0.4, 0.5) is 4.39 Å². The van der Waals surface area contributed by atoms with Crippen molar-refractivity contribution < 1.29 is 28.3 Å². The van der Waals surface area contributed by atoms with Gasteiger partial charge in [0, 0.05) is 56.2 Å². The molecule has 2 aliphatic heterocycles. The number of benzene rings is 2. The predicted molar refractivity (Wildman–Crippen MR) is 207 cm³/mol. The van der Waals surface area contributed by atoms with Gasteiger partial charge in [-0.3, -0.25) is 24.1 Å². The van der Waals surface area contributed by atoms with Crippen LogP contribution in [0.3, 0.4) is 0 Å². The van der Waals surface area contributed by atoms with Crippen LogP contribution in [0.25, 0.3) is 10.9 Å². The Kier molecular flexibility index (Phi) is 14.5. The minimum atomic E-state index is -0.934. The number of nitrogens with zero attached hydrogens (tertiary/aromatic N) is 3. The predicted octanol–water partition coefficient (Wildman–Crippen LogP) is 3.71. The molecule has 2 saturated heterocycles. The van der Waals surface area contributed by atoms with Gasteiger partial charge in [-0.05, 0) is 80.5 Å². The van der Waals surface area contributed by atoms with Gasteiger partial charge in [-0.25, -0.2) is 4.39 Å². The number of aromatic amines is 1. The van der Waals surface area contributed by atoms with Gasteiger partial charge in [0.25, 0.3) is 0 Å². The lowest BCUT2D eigenvalue weighted by molar-refractivity contribution is -0.138. The first-order valence-electron chi connectivity index (χ1n) is 19.4. The number of piperazine rings is 1. The monoisotopic (exact) mass is 747 g/mol. The molecule has 294 valence electrons. The Hall–Kier alpha value is -4.49. The maximum absolute atomic E-state index is 14.5. The quantitative estimate of drug-likeness (QED) is 0.165. The average Bonchev–Trinajstić information content (AvgIpc) is 3.78. The first-order chi connectivity index (χ1) is 25.9. The van der Waals surface area contributed by atoms with E-state index in [2.05, 4.69) is 37.8 Å². The number of H-pyrrole nitrogens is 1. The molecule has 13 heteroatoms. The number of rotatable bonds is 17. The Balaban J connectivity index is 1.32. The van der Waals surface area contributed by atoms with E-state index in [0.717, 1.165) is 55.5 Å². The number of nitrogens with one attached hydrogen (secondary N) is 4. The standard InChI is InChI=1S/C41H58FN7O5/c1-27(2)21-35(44-38(50)25-48-19-17-47(5)18-20-48)39(51)45-36(22-28(3)4)40(52)46-37(23-29-24-43-34-11-7-6-10-33(29)34)41(53)49-16-8-9-31(49)26-54-32-14-12-30(42)13-15-32/h6-7,10-15,24,27-28,31,35-37,43H,8-9,16-23,25-26H2,1-5H3,(H,44,50)(H,45,51)(H,46,52)/t31-,35-,36-,37-/m0/s1. The van der Waals surface area contributed by atoms with Crippen LogP contribution in [0, 0.1) is 17.7 Å². The fourth-order valence-electron chi connectivity index (χ4n) is 7.34. The SMILES string of the molecule is CC(C)C[C@H](NC(=O)CN1CCN(C)CC1)C(=O)N[C@@H](CC(C)C)C(=O)N[C@@H](Cc1c[nH]c2ccccc12)C(=O)N1CCC[C@H]1COc1ccc(F)cc1. The summed E-state index contributed by atoms with van der Waals surface area (Å²) in [5.74, 6) is -1.03. The van der Waals surface area contributed by atoms with Crippen molar-refractivity contribution >= 4 is 34.5 Å². The molecule has 0 spiro atoms. The number of fused-ring (bicyclic) bond motifs is 1. The highest BCUT2D eigenvalue weighted by atomic mass is 19.1. The Morgan fingerprint density at radius 2 is 1.46 bits per heavy atom. The number of carbonyl (C=O) groups is 4. The highest BCUT2D eigenvalue weighted by molar-refractivity contribution is 5.95. The van der Waals surface area contributed by atoms with Crippen LogP contribution in [0.5, 0.6) is 5.75 Å². The molecule has 1 aromatic heterocycles. The average molecular weight is 748 g/mol. The van der Waals surface area contributed by atoms with Crippen LogP contribution in [-0.4, -0.2) is 120 Å². The van der Waals surface area contributed by atoms with Gasteiger partial charge in [0.05, 0.1) is 12.6 Å². The van der Waals surface area contributed by atoms with Crippen LogP contribution < -0.4 is 20.7 Å². The third-order valence-electron chi connectivity index (χ3n) is 10.3. The molecular weight excluding hydrogens is 689 g/mol. The molecule has 0 radical (unpaired) electrons. The number of para-hydroxylation sites is 1. The zero-order chi connectivity index (χ0) is 38.8. The van der Waals surface area contributed by atoms with Crippen molar-refractivity contribution in [3.05, 3.63) is 66.1 Å². The normalized spacial score (nSPS) is 18.4. The van der Waals surface area contributed by atoms with E-state index in [9.17, 15) is 23.6 Å². The van der Waals surface area contributed by atoms with Gasteiger partial charge in [-0.15, -0.1) is 0 Å². The number of hydrogen-bond donors (Lipinski definition) is 4. The molecule has 12 nitrogen and oxygen atoms in total.